The smallest absolute Gasteiger partial charge is 0.234 e. The van der Waals surface area contributed by atoms with Gasteiger partial charge < -0.3 is 5.32 Å². The summed E-state index contributed by atoms with van der Waals surface area (Å²) in [5.74, 6) is 0.803. The number of nitrogens with zero attached hydrogens (tertiary/aromatic N) is 1. The molecule has 1 N–H and O–H groups in total. The Hall–Kier alpha value is -1.81. The highest BCUT2D eigenvalue weighted by molar-refractivity contribution is 7.99. The molecule has 0 bridgehead atoms. The minimum Gasteiger partial charge on any atom is -0.325 e. The lowest BCUT2D eigenvalue weighted by Gasteiger charge is -2.15. The maximum Gasteiger partial charge on any atom is 0.234 e. The van der Waals surface area contributed by atoms with Crippen LogP contribution in [-0.4, -0.2) is 16.6 Å². The Morgan fingerprint density at radius 2 is 2.00 bits per heavy atom. The number of hydrogen-bond donors (Lipinski definition) is 1. The van der Waals surface area contributed by atoms with Crippen LogP contribution in [0.3, 0.4) is 0 Å². The lowest BCUT2D eigenvalue weighted by Crippen LogP contribution is -2.15. The van der Waals surface area contributed by atoms with Crippen molar-refractivity contribution in [3.05, 3.63) is 54.2 Å². The summed E-state index contributed by atoms with van der Waals surface area (Å²) in [4.78, 5) is 16.3. The summed E-state index contributed by atoms with van der Waals surface area (Å²) in [5.41, 5.74) is 2.11. The van der Waals surface area contributed by atoms with Gasteiger partial charge in [0.2, 0.25) is 5.91 Å². The van der Waals surface area contributed by atoms with E-state index in [1.54, 1.807) is 6.20 Å². The number of amides is 1. The van der Waals surface area contributed by atoms with Gasteiger partial charge >= 0.3 is 0 Å². The predicted molar refractivity (Wildman–Crippen MR) is 88.7 cm³/mol. The Morgan fingerprint density at radius 3 is 2.71 bits per heavy atom. The van der Waals surface area contributed by atoms with Crippen molar-refractivity contribution in [2.24, 2.45) is 0 Å². The molecule has 2 rings (SSSR count). The van der Waals surface area contributed by atoms with E-state index in [4.69, 9.17) is 0 Å². The van der Waals surface area contributed by atoms with E-state index in [-0.39, 0.29) is 5.91 Å². The van der Waals surface area contributed by atoms with E-state index >= 15 is 0 Å². The highest BCUT2D eigenvalue weighted by atomic mass is 32.2. The van der Waals surface area contributed by atoms with E-state index < -0.39 is 0 Å². The number of hydrogen-bond acceptors (Lipinski definition) is 3. The summed E-state index contributed by atoms with van der Waals surface area (Å²) < 4.78 is 0. The van der Waals surface area contributed by atoms with Crippen molar-refractivity contribution < 1.29 is 4.79 Å². The first-order valence-electron chi connectivity index (χ1n) is 7.13. The fraction of sp³-hybridized carbons (Fsp3) is 0.294. The standard InChI is InChI=1S/C17H20N2OS/c1-3-13(2)14-8-4-5-9-15(14)19-16(20)12-21-17-10-6-7-11-18-17/h4-11,13H,3,12H2,1-2H3,(H,19,20)/t13-/m1/s1. The monoisotopic (exact) mass is 300 g/mol. The average Bonchev–Trinajstić information content (AvgIpc) is 2.54. The molecular weight excluding hydrogens is 280 g/mol. The van der Waals surface area contributed by atoms with Crippen molar-refractivity contribution in [3.63, 3.8) is 0 Å². The number of nitrogens with one attached hydrogen (secondary N) is 1. The van der Waals surface area contributed by atoms with Crippen molar-refractivity contribution in [1.29, 1.82) is 0 Å². The van der Waals surface area contributed by atoms with Crippen LogP contribution in [0.4, 0.5) is 5.69 Å². The number of carbonyl (C=O) groups is 1. The number of aromatic nitrogens is 1. The molecule has 110 valence electrons. The minimum absolute atomic E-state index is 0.00130. The predicted octanol–water partition coefficient (Wildman–Crippen LogP) is 4.33. The van der Waals surface area contributed by atoms with E-state index in [0.717, 1.165) is 17.1 Å². The second-order valence-electron chi connectivity index (χ2n) is 4.90. The van der Waals surface area contributed by atoms with Crippen LogP contribution in [0.5, 0.6) is 0 Å². The molecule has 0 saturated carbocycles. The van der Waals surface area contributed by atoms with Crippen LogP contribution in [0.1, 0.15) is 31.7 Å². The summed E-state index contributed by atoms with van der Waals surface area (Å²) in [6.45, 7) is 4.33. The zero-order valence-electron chi connectivity index (χ0n) is 12.4. The lowest BCUT2D eigenvalue weighted by molar-refractivity contribution is -0.113. The van der Waals surface area contributed by atoms with Crippen LogP contribution >= 0.6 is 11.8 Å². The normalized spacial score (nSPS) is 11.9. The molecule has 0 unspecified atom stereocenters. The number of benzene rings is 1. The van der Waals surface area contributed by atoms with Crippen LogP contribution in [-0.2, 0) is 4.79 Å². The molecule has 0 aliphatic heterocycles. The first kappa shape index (κ1) is 15.6. The van der Waals surface area contributed by atoms with Gasteiger partial charge in [-0.2, -0.15) is 0 Å². The third kappa shape index (κ3) is 4.60. The molecule has 1 heterocycles. The molecular formula is C17H20N2OS. The highest BCUT2D eigenvalue weighted by Gasteiger charge is 2.11. The number of para-hydroxylation sites is 1. The second-order valence-corrected chi connectivity index (χ2v) is 5.90. The molecule has 0 aliphatic carbocycles. The summed E-state index contributed by atoms with van der Waals surface area (Å²) in [6, 6.07) is 13.7. The van der Waals surface area contributed by atoms with Crippen molar-refractivity contribution in [3.8, 4) is 0 Å². The Bertz CT molecular complexity index is 586. The van der Waals surface area contributed by atoms with Gasteiger partial charge in [-0.15, -0.1) is 0 Å². The van der Waals surface area contributed by atoms with Crippen molar-refractivity contribution in [2.75, 3.05) is 11.1 Å². The minimum atomic E-state index is 0.00130. The van der Waals surface area contributed by atoms with Crippen LogP contribution in [0.25, 0.3) is 0 Å². The fourth-order valence-electron chi connectivity index (χ4n) is 2.02. The van der Waals surface area contributed by atoms with E-state index in [1.165, 1.54) is 17.3 Å². The van der Waals surface area contributed by atoms with Gasteiger partial charge in [-0.1, -0.05) is 49.9 Å². The Kier molecular flexibility index (Phi) is 5.81. The van der Waals surface area contributed by atoms with Gasteiger partial charge in [0, 0.05) is 11.9 Å². The number of anilines is 1. The molecule has 0 spiro atoms. The van der Waals surface area contributed by atoms with Crippen LogP contribution < -0.4 is 5.32 Å². The molecule has 1 aromatic heterocycles. The van der Waals surface area contributed by atoms with Crippen molar-refractivity contribution in [1.82, 2.24) is 4.98 Å². The van der Waals surface area contributed by atoms with Gasteiger partial charge in [0.15, 0.2) is 0 Å². The molecule has 4 heteroatoms. The molecule has 0 aliphatic rings. The summed E-state index contributed by atoms with van der Waals surface area (Å²) in [6.07, 6.45) is 2.79. The molecule has 21 heavy (non-hydrogen) atoms. The molecule has 3 nitrogen and oxygen atoms in total. The Morgan fingerprint density at radius 1 is 1.24 bits per heavy atom. The van der Waals surface area contributed by atoms with Gasteiger partial charge in [0.05, 0.1) is 10.8 Å². The van der Waals surface area contributed by atoms with E-state index in [9.17, 15) is 4.79 Å². The maximum absolute atomic E-state index is 12.1. The highest BCUT2D eigenvalue weighted by Crippen LogP contribution is 2.26. The first-order chi connectivity index (χ1) is 10.2. The molecule has 0 radical (unpaired) electrons. The van der Waals surface area contributed by atoms with Crippen LogP contribution in [0.15, 0.2) is 53.7 Å². The van der Waals surface area contributed by atoms with Gasteiger partial charge in [0.1, 0.15) is 0 Å². The largest absolute Gasteiger partial charge is 0.325 e. The fourth-order valence-corrected chi connectivity index (χ4v) is 2.68. The van der Waals surface area contributed by atoms with Crippen molar-refractivity contribution >= 4 is 23.4 Å². The van der Waals surface area contributed by atoms with Crippen LogP contribution in [0.2, 0.25) is 0 Å². The Balaban J connectivity index is 1.97. The molecule has 1 atom stereocenters. The summed E-state index contributed by atoms with van der Waals surface area (Å²) in [5, 5.41) is 3.87. The molecule has 0 fully saturated rings. The van der Waals surface area contributed by atoms with Gasteiger partial charge in [-0.05, 0) is 36.1 Å². The maximum atomic E-state index is 12.1. The van der Waals surface area contributed by atoms with Gasteiger partial charge in [-0.3, -0.25) is 4.79 Å². The SMILES string of the molecule is CC[C@@H](C)c1ccccc1NC(=O)CSc1ccccn1. The third-order valence-electron chi connectivity index (χ3n) is 3.37. The lowest BCUT2D eigenvalue weighted by atomic mass is 9.97. The average molecular weight is 300 g/mol. The Labute approximate surface area is 130 Å². The van der Waals surface area contributed by atoms with E-state index in [2.05, 4.69) is 30.2 Å². The molecule has 0 saturated heterocycles. The van der Waals surface area contributed by atoms with Crippen molar-refractivity contribution in [2.45, 2.75) is 31.2 Å². The number of rotatable bonds is 6. The third-order valence-corrected chi connectivity index (χ3v) is 4.31. The molecule has 1 amide bonds. The topological polar surface area (TPSA) is 42.0 Å². The van der Waals surface area contributed by atoms with Gasteiger partial charge in [0.25, 0.3) is 0 Å². The zero-order chi connectivity index (χ0) is 15.1. The van der Waals surface area contributed by atoms with Crippen LogP contribution in [0, 0.1) is 0 Å². The van der Waals surface area contributed by atoms with E-state index in [1.807, 2.05) is 36.4 Å². The second kappa shape index (κ2) is 7.84. The van der Waals surface area contributed by atoms with Gasteiger partial charge in [-0.25, -0.2) is 4.98 Å². The number of thioether (sulfide) groups is 1. The molecule has 1 aromatic carbocycles. The molecule has 2 aromatic rings. The van der Waals surface area contributed by atoms with E-state index in [0.29, 0.717) is 11.7 Å². The number of carbonyl (C=O) groups excluding carboxylic acids is 1. The quantitative estimate of drug-likeness (QED) is 0.808. The summed E-state index contributed by atoms with van der Waals surface area (Å²) >= 11 is 1.44. The zero-order valence-corrected chi connectivity index (χ0v) is 13.2. The number of pyridine rings is 1. The summed E-state index contributed by atoms with van der Waals surface area (Å²) in [7, 11) is 0. The first-order valence-corrected chi connectivity index (χ1v) is 8.12.